The number of rotatable bonds is 2. The molecule has 8 heteroatoms. The maximum atomic E-state index is 10.4. The van der Waals surface area contributed by atoms with Gasteiger partial charge in [0.05, 0.1) is 9.82 Å². The minimum Gasteiger partial charge on any atom is -0.744 e. The standard InChI is InChI=1S/C6H5NO5S.Rb/c8-7(9)5-2-1-3-6(4-5)13(10,11)12;/h1-4H,(H,10,11,12);/q;+1/p-1. The number of nitrogens with zero attached hydrogens (tertiary/aromatic N) is 1. The van der Waals surface area contributed by atoms with Crippen molar-refractivity contribution in [3.63, 3.8) is 0 Å². The van der Waals surface area contributed by atoms with E-state index < -0.39 is 25.6 Å². The topological polar surface area (TPSA) is 100 Å². The maximum Gasteiger partial charge on any atom is 1.00 e. The molecule has 0 amide bonds. The van der Waals surface area contributed by atoms with E-state index in [1.165, 1.54) is 0 Å². The Morgan fingerprint density at radius 2 is 1.86 bits per heavy atom. The second kappa shape index (κ2) is 5.43. The molecule has 0 atom stereocenters. The van der Waals surface area contributed by atoms with E-state index in [1.54, 1.807) is 0 Å². The predicted molar refractivity (Wildman–Crippen MR) is 41.1 cm³/mol. The molecule has 0 fully saturated rings. The first-order chi connectivity index (χ1) is 5.91. The number of hydrogen-bond acceptors (Lipinski definition) is 5. The molecule has 14 heavy (non-hydrogen) atoms. The van der Waals surface area contributed by atoms with E-state index in [4.69, 9.17) is 0 Å². The number of non-ortho nitro benzene ring substituents is 1. The van der Waals surface area contributed by atoms with Gasteiger partial charge in [0, 0.05) is 12.1 Å². The Morgan fingerprint density at radius 3 is 2.29 bits per heavy atom. The minimum absolute atomic E-state index is 0. The zero-order valence-electron chi connectivity index (χ0n) is 7.21. The van der Waals surface area contributed by atoms with Crippen molar-refractivity contribution in [3.05, 3.63) is 34.4 Å². The van der Waals surface area contributed by atoms with Crippen LogP contribution in [0.2, 0.25) is 0 Å². The van der Waals surface area contributed by atoms with Crippen LogP contribution in [0.25, 0.3) is 0 Å². The van der Waals surface area contributed by atoms with Gasteiger partial charge in [-0.25, -0.2) is 8.42 Å². The average Bonchev–Trinajstić information content (AvgIpc) is 2.03. The van der Waals surface area contributed by atoms with E-state index in [9.17, 15) is 23.1 Å². The van der Waals surface area contributed by atoms with Crippen LogP contribution < -0.4 is 58.2 Å². The van der Waals surface area contributed by atoms with Crippen LogP contribution in [0.4, 0.5) is 5.69 Å². The number of benzene rings is 1. The molecule has 0 radical (unpaired) electrons. The molecule has 0 aliphatic carbocycles. The van der Waals surface area contributed by atoms with Crippen molar-refractivity contribution in [2.45, 2.75) is 4.90 Å². The molecule has 0 aliphatic heterocycles. The molecule has 70 valence electrons. The van der Waals surface area contributed by atoms with E-state index in [0.717, 1.165) is 24.3 Å². The molecular weight excluding hydrogens is 284 g/mol. The van der Waals surface area contributed by atoms with Crippen molar-refractivity contribution < 1.29 is 76.1 Å². The van der Waals surface area contributed by atoms with Gasteiger partial charge in [-0.1, -0.05) is 6.07 Å². The molecule has 0 aromatic heterocycles. The SMILES string of the molecule is O=[N+]([O-])c1cccc(S(=O)(=O)[O-])c1.[Rb+]. The summed E-state index contributed by atoms with van der Waals surface area (Å²) in [5, 5.41) is 10.2. The molecule has 1 rings (SSSR count). The van der Waals surface area contributed by atoms with E-state index >= 15 is 0 Å². The molecule has 0 aliphatic rings. The van der Waals surface area contributed by atoms with Crippen LogP contribution in [0.15, 0.2) is 29.2 Å². The number of hydrogen-bond donors (Lipinski definition) is 0. The van der Waals surface area contributed by atoms with Crippen LogP contribution >= 0.6 is 0 Å². The summed E-state index contributed by atoms with van der Waals surface area (Å²) >= 11 is 0. The van der Waals surface area contributed by atoms with Gasteiger partial charge in [-0.3, -0.25) is 10.1 Å². The number of nitro benzene ring substituents is 1. The second-order valence-electron chi connectivity index (χ2n) is 2.21. The Labute approximate surface area is 129 Å². The third-order valence-electron chi connectivity index (χ3n) is 1.32. The van der Waals surface area contributed by atoms with Gasteiger partial charge in [-0.15, -0.1) is 0 Å². The summed E-state index contributed by atoms with van der Waals surface area (Å²) in [5.74, 6) is 0. The monoisotopic (exact) mass is 287 g/mol. The second-order valence-corrected chi connectivity index (χ2v) is 3.59. The Balaban J connectivity index is 0.00000169. The van der Waals surface area contributed by atoms with E-state index in [2.05, 4.69) is 0 Å². The molecule has 0 saturated carbocycles. The summed E-state index contributed by atoms with van der Waals surface area (Å²) in [6.07, 6.45) is 0. The predicted octanol–water partition coefficient (Wildman–Crippen LogP) is -2.50. The minimum atomic E-state index is -4.61. The Morgan fingerprint density at radius 1 is 1.29 bits per heavy atom. The Bertz CT molecular complexity index is 443. The molecule has 6 nitrogen and oxygen atoms in total. The van der Waals surface area contributed by atoms with Crippen molar-refractivity contribution >= 4 is 15.8 Å². The third-order valence-corrected chi connectivity index (χ3v) is 2.15. The van der Waals surface area contributed by atoms with Crippen molar-refractivity contribution in [1.82, 2.24) is 0 Å². The number of nitro groups is 1. The summed E-state index contributed by atoms with van der Waals surface area (Å²) in [6, 6.07) is 3.98. The van der Waals surface area contributed by atoms with E-state index in [0.29, 0.717) is 0 Å². The summed E-state index contributed by atoms with van der Waals surface area (Å²) in [6.45, 7) is 0. The van der Waals surface area contributed by atoms with E-state index in [1.807, 2.05) is 0 Å². The molecule has 1 aromatic carbocycles. The van der Waals surface area contributed by atoms with Crippen molar-refractivity contribution in [2.75, 3.05) is 0 Å². The first kappa shape index (κ1) is 14.3. The fourth-order valence-corrected chi connectivity index (χ4v) is 1.26. The van der Waals surface area contributed by atoms with Crippen LogP contribution in [0.3, 0.4) is 0 Å². The Kier molecular flexibility index (Phi) is 5.56. The normalized spacial score (nSPS) is 10.4. The van der Waals surface area contributed by atoms with Crippen LogP contribution in [0.1, 0.15) is 0 Å². The zero-order chi connectivity index (χ0) is 10.1. The Hall–Kier alpha value is 0.335. The fraction of sp³-hybridized carbons (Fsp3) is 0. The molecule has 0 N–H and O–H groups in total. The van der Waals surface area contributed by atoms with Crippen LogP contribution in [-0.2, 0) is 10.1 Å². The molecule has 0 spiro atoms. The van der Waals surface area contributed by atoms with Crippen molar-refractivity contribution in [2.24, 2.45) is 0 Å². The largest absolute Gasteiger partial charge is 1.00 e. The van der Waals surface area contributed by atoms with Gasteiger partial charge in [0.15, 0.2) is 0 Å². The first-order valence-electron chi connectivity index (χ1n) is 3.11. The van der Waals surface area contributed by atoms with Gasteiger partial charge in [-0.2, -0.15) is 0 Å². The maximum absolute atomic E-state index is 10.4. The molecule has 0 bridgehead atoms. The van der Waals surface area contributed by atoms with Gasteiger partial charge in [0.1, 0.15) is 10.1 Å². The summed E-state index contributed by atoms with van der Waals surface area (Å²) in [5.41, 5.74) is -0.420. The molecular formula is C6H4NO5RbS. The van der Waals surface area contributed by atoms with Gasteiger partial charge in [-0.05, 0) is 6.07 Å². The third kappa shape index (κ3) is 3.83. The first-order valence-corrected chi connectivity index (χ1v) is 4.52. The van der Waals surface area contributed by atoms with Gasteiger partial charge < -0.3 is 4.55 Å². The van der Waals surface area contributed by atoms with Gasteiger partial charge in [0.2, 0.25) is 0 Å². The molecule has 0 heterocycles. The summed E-state index contributed by atoms with van der Waals surface area (Å²) in [4.78, 5) is 8.82. The molecule has 1 aromatic rings. The zero-order valence-corrected chi connectivity index (χ0v) is 12.9. The van der Waals surface area contributed by atoms with Crippen molar-refractivity contribution in [3.8, 4) is 0 Å². The smallest absolute Gasteiger partial charge is 0.744 e. The van der Waals surface area contributed by atoms with Crippen molar-refractivity contribution in [1.29, 1.82) is 0 Å². The van der Waals surface area contributed by atoms with Crippen LogP contribution in [0.5, 0.6) is 0 Å². The van der Waals surface area contributed by atoms with Crippen LogP contribution in [0, 0.1) is 10.1 Å². The molecule has 0 unspecified atom stereocenters. The average molecular weight is 288 g/mol. The summed E-state index contributed by atoms with van der Waals surface area (Å²) < 4.78 is 31.3. The quantitative estimate of drug-likeness (QED) is 0.340. The van der Waals surface area contributed by atoms with E-state index in [-0.39, 0.29) is 58.2 Å². The van der Waals surface area contributed by atoms with Gasteiger partial charge >= 0.3 is 58.2 Å². The van der Waals surface area contributed by atoms with Gasteiger partial charge in [0.25, 0.3) is 5.69 Å². The summed E-state index contributed by atoms with van der Waals surface area (Å²) in [7, 11) is -4.61. The fourth-order valence-electron chi connectivity index (χ4n) is 0.753. The van der Waals surface area contributed by atoms with Crippen LogP contribution in [-0.4, -0.2) is 17.9 Å². The molecule has 0 saturated heterocycles.